The van der Waals surface area contributed by atoms with Crippen molar-refractivity contribution in [1.29, 1.82) is 0 Å². The van der Waals surface area contributed by atoms with Crippen molar-refractivity contribution in [2.75, 3.05) is 45.1 Å². The van der Waals surface area contributed by atoms with Gasteiger partial charge in [-0.2, -0.15) is 0 Å². The Balaban J connectivity index is 1.36. The second-order valence-corrected chi connectivity index (χ2v) is 6.88. The van der Waals surface area contributed by atoms with E-state index >= 15 is 0 Å². The Kier molecular flexibility index (Phi) is 6.23. The third-order valence-corrected chi connectivity index (χ3v) is 5.25. The molecule has 1 amide bonds. The number of carbonyl (C=O) groups is 1. The number of amides is 1. The molecule has 0 spiro atoms. The van der Waals surface area contributed by atoms with Crippen LogP contribution >= 0.6 is 11.8 Å². The number of nitrogens with one attached hydrogen (secondary N) is 1. The Labute approximate surface area is 140 Å². The van der Waals surface area contributed by atoms with Crippen molar-refractivity contribution in [2.45, 2.75) is 36.9 Å². The summed E-state index contributed by atoms with van der Waals surface area (Å²) in [4.78, 5) is 14.3. The number of ether oxygens (including phenoxy) is 1. The topological polar surface area (TPSA) is 85.2 Å². The highest BCUT2D eigenvalue weighted by Crippen LogP contribution is 2.31. The smallest absolute Gasteiger partial charge is 0.230 e. The van der Waals surface area contributed by atoms with Crippen LogP contribution in [-0.2, 0) is 9.53 Å². The molecule has 0 aromatic carbocycles. The van der Waals surface area contributed by atoms with Crippen LogP contribution in [0.2, 0.25) is 0 Å². The summed E-state index contributed by atoms with van der Waals surface area (Å²) in [5.74, 6) is 0.389. The first-order valence-corrected chi connectivity index (χ1v) is 9.29. The van der Waals surface area contributed by atoms with E-state index in [1.165, 1.54) is 24.6 Å². The van der Waals surface area contributed by atoms with Gasteiger partial charge < -0.3 is 10.1 Å². The number of carbonyl (C=O) groups excluding carboxylic acids is 1. The molecule has 0 radical (unpaired) electrons. The van der Waals surface area contributed by atoms with E-state index in [1.807, 2.05) is 4.68 Å². The molecule has 23 heavy (non-hydrogen) atoms. The lowest BCUT2D eigenvalue weighted by atomic mass is 10.3. The van der Waals surface area contributed by atoms with Gasteiger partial charge in [0.2, 0.25) is 11.1 Å². The van der Waals surface area contributed by atoms with E-state index in [9.17, 15) is 4.79 Å². The number of tetrazole rings is 1. The summed E-state index contributed by atoms with van der Waals surface area (Å²) < 4.78 is 7.19. The molecule has 0 unspecified atom stereocenters. The molecule has 3 rings (SSSR count). The molecule has 1 saturated carbocycles. The van der Waals surface area contributed by atoms with Crippen LogP contribution in [0.3, 0.4) is 0 Å². The lowest BCUT2D eigenvalue weighted by Gasteiger charge is -2.26. The SMILES string of the molecule is O=C(CSc1nnnn1C1CCCC1)NCCN1CCOCC1. The summed E-state index contributed by atoms with van der Waals surface area (Å²) >= 11 is 1.42. The van der Waals surface area contributed by atoms with E-state index in [4.69, 9.17) is 4.74 Å². The largest absolute Gasteiger partial charge is 0.379 e. The fourth-order valence-electron chi connectivity index (χ4n) is 3.02. The first kappa shape index (κ1) is 16.7. The van der Waals surface area contributed by atoms with Crippen molar-refractivity contribution in [3.8, 4) is 0 Å². The average molecular weight is 340 g/mol. The molecular formula is C14H24N6O2S. The molecule has 128 valence electrons. The molecule has 1 saturated heterocycles. The number of hydrogen-bond acceptors (Lipinski definition) is 7. The number of aromatic nitrogens is 4. The molecular weight excluding hydrogens is 316 g/mol. The highest BCUT2D eigenvalue weighted by Gasteiger charge is 2.22. The zero-order valence-corrected chi connectivity index (χ0v) is 14.1. The quantitative estimate of drug-likeness (QED) is 0.716. The molecule has 9 heteroatoms. The molecule has 1 aliphatic heterocycles. The van der Waals surface area contributed by atoms with E-state index in [0.29, 0.717) is 18.3 Å². The fraction of sp³-hybridized carbons (Fsp3) is 0.857. The van der Waals surface area contributed by atoms with Gasteiger partial charge in [0, 0.05) is 26.2 Å². The van der Waals surface area contributed by atoms with Crippen molar-refractivity contribution in [2.24, 2.45) is 0 Å². The van der Waals surface area contributed by atoms with E-state index in [0.717, 1.165) is 50.8 Å². The van der Waals surface area contributed by atoms with Crippen LogP contribution in [0.25, 0.3) is 0 Å². The summed E-state index contributed by atoms with van der Waals surface area (Å²) in [5.41, 5.74) is 0. The molecule has 1 N–H and O–H groups in total. The summed E-state index contributed by atoms with van der Waals surface area (Å²) in [5, 5.41) is 15.6. The van der Waals surface area contributed by atoms with Crippen LogP contribution in [0, 0.1) is 0 Å². The van der Waals surface area contributed by atoms with Gasteiger partial charge in [-0.25, -0.2) is 4.68 Å². The minimum atomic E-state index is 0.0317. The Hall–Kier alpha value is -1.19. The minimum absolute atomic E-state index is 0.0317. The molecule has 1 aromatic heterocycles. The highest BCUT2D eigenvalue weighted by atomic mass is 32.2. The predicted octanol–water partition coefficient (Wildman–Crippen LogP) is 0.329. The first-order chi connectivity index (χ1) is 11.3. The molecule has 0 bridgehead atoms. The molecule has 1 aromatic rings. The van der Waals surface area contributed by atoms with Crippen molar-refractivity contribution < 1.29 is 9.53 Å². The molecule has 2 aliphatic rings. The monoisotopic (exact) mass is 340 g/mol. The van der Waals surface area contributed by atoms with Gasteiger partial charge in [0.15, 0.2) is 0 Å². The van der Waals surface area contributed by atoms with Crippen molar-refractivity contribution in [3.05, 3.63) is 0 Å². The third-order valence-electron chi connectivity index (χ3n) is 4.32. The van der Waals surface area contributed by atoms with Gasteiger partial charge in [0.05, 0.1) is 25.0 Å². The lowest BCUT2D eigenvalue weighted by Crippen LogP contribution is -2.41. The minimum Gasteiger partial charge on any atom is -0.379 e. The van der Waals surface area contributed by atoms with Gasteiger partial charge in [-0.3, -0.25) is 9.69 Å². The normalized spacial score (nSPS) is 20.0. The van der Waals surface area contributed by atoms with Gasteiger partial charge in [0.25, 0.3) is 0 Å². The van der Waals surface area contributed by atoms with Gasteiger partial charge in [-0.15, -0.1) is 5.10 Å². The van der Waals surface area contributed by atoms with Crippen LogP contribution in [0.4, 0.5) is 0 Å². The second kappa shape index (κ2) is 8.60. The van der Waals surface area contributed by atoms with Crippen molar-refractivity contribution >= 4 is 17.7 Å². The molecule has 2 fully saturated rings. The Morgan fingerprint density at radius 3 is 2.87 bits per heavy atom. The third kappa shape index (κ3) is 4.89. The second-order valence-electron chi connectivity index (χ2n) is 5.94. The number of thioether (sulfide) groups is 1. The molecule has 2 heterocycles. The highest BCUT2D eigenvalue weighted by molar-refractivity contribution is 7.99. The van der Waals surface area contributed by atoms with E-state index in [2.05, 4.69) is 25.7 Å². The summed E-state index contributed by atoms with van der Waals surface area (Å²) in [6.07, 6.45) is 4.72. The van der Waals surface area contributed by atoms with Crippen LogP contribution in [-0.4, -0.2) is 76.2 Å². The molecule has 0 atom stereocenters. The lowest BCUT2D eigenvalue weighted by molar-refractivity contribution is -0.118. The van der Waals surface area contributed by atoms with Gasteiger partial charge in [0.1, 0.15) is 0 Å². The zero-order valence-electron chi connectivity index (χ0n) is 13.3. The predicted molar refractivity (Wildman–Crippen MR) is 86.3 cm³/mol. The number of nitrogens with zero attached hydrogens (tertiary/aromatic N) is 5. The Morgan fingerprint density at radius 2 is 2.09 bits per heavy atom. The maximum absolute atomic E-state index is 12.0. The van der Waals surface area contributed by atoms with E-state index in [1.54, 1.807) is 0 Å². The maximum Gasteiger partial charge on any atom is 0.230 e. The average Bonchev–Trinajstić information content (AvgIpc) is 3.25. The van der Waals surface area contributed by atoms with Crippen LogP contribution < -0.4 is 5.32 Å². The van der Waals surface area contributed by atoms with E-state index in [-0.39, 0.29) is 5.91 Å². The first-order valence-electron chi connectivity index (χ1n) is 8.30. The maximum atomic E-state index is 12.0. The van der Waals surface area contributed by atoms with Gasteiger partial charge in [-0.1, -0.05) is 24.6 Å². The summed E-state index contributed by atoms with van der Waals surface area (Å²) in [7, 11) is 0. The molecule has 1 aliphatic carbocycles. The number of hydrogen-bond donors (Lipinski definition) is 1. The standard InChI is InChI=1S/C14H24N6O2S/c21-13(15-5-6-19-7-9-22-10-8-19)11-23-14-16-17-18-20(14)12-3-1-2-4-12/h12H,1-11H2,(H,15,21). The van der Waals surface area contributed by atoms with Gasteiger partial charge >= 0.3 is 0 Å². The Bertz CT molecular complexity index is 499. The summed E-state index contributed by atoms with van der Waals surface area (Å²) in [6.45, 7) is 5.01. The number of rotatable bonds is 7. The number of morpholine rings is 1. The zero-order chi connectivity index (χ0) is 15.9. The van der Waals surface area contributed by atoms with E-state index < -0.39 is 0 Å². The fourth-order valence-corrected chi connectivity index (χ4v) is 3.79. The Morgan fingerprint density at radius 1 is 1.30 bits per heavy atom. The van der Waals surface area contributed by atoms with Crippen molar-refractivity contribution in [3.63, 3.8) is 0 Å². The van der Waals surface area contributed by atoms with Crippen molar-refractivity contribution in [1.82, 2.24) is 30.4 Å². The van der Waals surface area contributed by atoms with Gasteiger partial charge in [-0.05, 0) is 23.3 Å². The molecule has 8 nitrogen and oxygen atoms in total. The summed E-state index contributed by atoms with van der Waals surface area (Å²) in [6, 6.07) is 0.400. The van der Waals surface area contributed by atoms with Crippen LogP contribution in [0.5, 0.6) is 0 Å². The van der Waals surface area contributed by atoms with Crippen LogP contribution in [0.1, 0.15) is 31.7 Å². The van der Waals surface area contributed by atoms with Crippen LogP contribution in [0.15, 0.2) is 5.16 Å².